The number of halogens is 1. The van der Waals surface area contributed by atoms with Crippen molar-refractivity contribution in [2.24, 2.45) is 11.8 Å². The van der Waals surface area contributed by atoms with E-state index in [0.29, 0.717) is 5.92 Å². The molecule has 6 heteroatoms. The zero-order valence-electron chi connectivity index (χ0n) is 22.7. The van der Waals surface area contributed by atoms with Crippen LogP contribution in [0.25, 0.3) is 16.6 Å². The van der Waals surface area contributed by atoms with Crippen molar-refractivity contribution < 1.29 is 0 Å². The summed E-state index contributed by atoms with van der Waals surface area (Å²) in [5.41, 5.74) is 9.56. The fourth-order valence-corrected chi connectivity index (χ4v) is 7.14. The number of benzene rings is 2. The number of rotatable bonds is 7. The zero-order valence-corrected chi connectivity index (χ0v) is 24.3. The van der Waals surface area contributed by atoms with Gasteiger partial charge in [-0.1, -0.05) is 55.3 Å². The number of allylic oxidation sites excluding steroid dienone is 1. The van der Waals surface area contributed by atoms with Gasteiger partial charge in [0, 0.05) is 30.2 Å². The maximum absolute atomic E-state index is 6.16. The Hall–Kier alpha value is -2.63. The standard InChI is InChI=1S/C32H37ClN4S/c1-4-23-15-24(30-18-27(17-26(30)16-23)31-20-37-32(34-31)38-22(3)35-37)9-8-21(2)25-7-5-6-14-36(19-25)29-12-10-28(33)11-13-29/h10-13,15-16,18,20-21,25H,4-9,14,17,19H2,1-3H3/t21-,25?/m1/s1. The fourth-order valence-electron chi connectivity index (χ4n) is 6.29. The third-order valence-corrected chi connectivity index (χ3v) is 9.66. The van der Waals surface area contributed by atoms with Gasteiger partial charge in [0.1, 0.15) is 5.01 Å². The second kappa shape index (κ2) is 10.9. The second-order valence-corrected chi connectivity index (χ2v) is 12.8. The summed E-state index contributed by atoms with van der Waals surface area (Å²) in [6, 6.07) is 13.3. The molecule has 2 aromatic heterocycles. The zero-order chi connectivity index (χ0) is 26.2. The van der Waals surface area contributed by atoms with E-state index < -0.39 is 0 Å². The van der Waals surface area contributed by atoms with E-state index in [0.717, 1.165) is 59.0 Å². The van der Waals surface area contributed by atoms with E-state index in [1.807, 2.05) is 23.6 Å². The lowest BCUT2D eigenvalue weighted by atomic mass is 9.84. The molecule has 198 valence electrons. The van der Waals surface area contributed by atoms with Crippen LogP contribution in [0.5, 0.6) is 0 Å². The average Bonchev–Trinajstić information content (AvgIpc) is 3.54. The first-order valence-electron chi connectivity index (χ1n) is 14.2. The molecule has 0 spiro atoms. The van der Waals surface area contributed by atoms with Crippen LogP contribution in [0.4, 0.5) is 5.69 Å². The van der Waals surface area contributed by atoms with Gasteiger partial charge in [0.2, 0.25) is 4.96 Å². The first-order chi connectivity index (χ1) is 18.5. The van der Waals surface area contributed by atoms with Gasteiger partial charge < -0.3 is 4.90 Å². The van der Waals surface area contributed by atoms with Crippen molar-refractivity contribution in [1.82, 2.24) is 14.6 Å². The Morgan fingerprint density at radius 2 is 2.00 bits per heavy atom. The van der Waals surface area contributed by atoms with Gasteiger partial charge in [-0.05, 0) is 109 Å². The van der Waals surface area contributed by atoms with Crippen LogP contribution >= 0.6 is 22.9 Å². The highest BCUT2D eigenvalue weighted by Gasteiger charge is 2.25. The Bertz CT molecular complexity index is 1430. The molecule has 38 heavy (non-hydrogen) atoms. The van der Waals surface area contributed by atoms with Crippen molar-refractivity contribution >= 4 is 45.2 Å². The quantitative estimate of drug-likeness (QED) is 0.234. The third kappa shape index (κ3) is 5.28. The van der Waals surface area contributed by atoms with Crippen molar-refractivity contribution in [2.45, 2.75) is 65.7 Å². The molecule has 4 nitrogen and oxygen atoms in total. The lowest BCUT2D eigenvalue weighted by Gasteiger charge is -2.30. The molecule has 1 fully saturated rings. The Labute approximate surface area is 235 Å². The summed E-state index contributed by atoms with van der Waals surface area (Å²) in [6.45, 7) is 9.07. The van der Waals surface area contributed by atoms with Crippen LogP contribution in [0, 0.1) is 18.8 Å². The molecule has 0 radical (unpaired) electrons. The molecular formula is C32H37ClN4S. The van der Waals surface area contributed by atoms with E-state index in [2.05, 4.69) is 60.4 Å². The average molecular weight is 545 g/mol. The SMILES string of the molecule is CCc1cc(CC[C@@H](C)C2CCCCN(c3ccc(Cl)cc3)C2)c2c(c1)CC(c1cn3nc(C)sc3n1)=C2. The van der Waals surface area contributed by atoms with Crippen LogP contribution in [-0.2, 0) is 19.3 Å². The predicted octanol–water partition coefficient (Wildman–Crippen LogP) is 8.29. The Balaban J connectivity index is 1.18. The van der Waals surface area contributed by atoms with Crippen molar-refractivity contribution in [3.63, 3.8) is 0 Å². The molecule has 1 aliphatic carbocycles. The topological polar surface area (TPSA) is 33.4 Å². The number of anilines is 1. The van der Waals surface area contributed by atoms with Crippen LogP contribution in [0.15, 0.2) is 42.6 Å². The second-order valence-electron chi connectivity index (χ2n) is 11.2. The molecule has 1 saturated heterocycles. The van der Waals surface area contributed by atoms with Gasteiger partial charge in [-0.15, -0.1) is 0 Å². The minimum Gasteiger partial charge on any atom is -0.371 e. The molecule has 4 aromatic rings. The molecule has 1 aliphatic heterocycles. The van der Waals surface area contributed by atoms with E-state index in [9.17, 15) is 0 Å². The number of hydrogen-bond donors (Lipinski definition) is 0. The van der Waals surface area contributed by atoms with Crippen molar-refractivity contribution in [1.29, 1.82) is 0 Å². The molecule has 2 aliphatic rings. The van der Waals surface area contributed by atoms with Crippen LogP contribution in [0.1, 0.15) is 72.5 Å². The molecule has 6 rings (SSSR count). The summed E-state index contributed by atoms with van der Waals surface area (Å²) in [7, 11) is 0. The lowest BCUT2D eigenvalue weighted by molar-refractivity contribution is 0.327. The van der Waals surface area contributed by atoms with Gasteiger partial charge in [0.15, 0.2) is 0 Å². The summed E-state index contributed by atoms with van der Waals surface area (Å²) >= 11 is 7.81. The van der Waals surface area contributed by atoms with E-state index in [-0.39, 0.29) is 0 Å². The smallest absolute Gasteiger partial charge is 0.212 e. The van der Waals surface area contributed by atoms with Gasteiger partial charge in [0.05, 0.1) is 11.9 Å². The molecule has 0 saturated carbocycles. The highest BCUT2D eigenvalue weighted by atomic mass is 35.5. The molecule has 2 aromatic carbocycles. The molecule has 2 atom stereocenters. The van der Waals surface area contributed by atoms with Crippen LogP contribution in [-0.4, -0.2) is 27.7 Å². The van der Waals surface area contributed by atoms with E-state index in [4.69, 9.17) is 16.6 Å². The number of fused-ring (bicyclic) bond motifs is 2. The number of aryl methyl sites for hydroxylation is 3. The summed E-state index contributed by atoms with van der Waals surface area (Å²) in [6.07, 6.45) is 12.8. The Morgan fingerprint density at radius 1 is 1.16 bits per heavy atom. The first-order valence-corrected chi connectivity index (χ1v) is 15.3. The lowest BCUT2D eigenvalue weighted by Crippen LogP contribution is -2.31. The molecule has 0 bridgehead atoms. The first kappa shape index (κ1) is 25.6. The van der Waals surface area contributed by atoms with Crippen molar-refractivity contribution in [2.75, 3.05) is 18.0 Å². The van der Waals surface area contributed by atoms with Gasteiger partial charge >= 0.3 is 0 Å². The molecular weight excluding hydrogens is 508 g/mol. The highest BCUT2D eigenvalue weighted by molar-refractivity contribution is 7.16. The number of aromatic nitrogens is 3. The molecule has 1 unspecified atom stereocenters. The molecule has 0 amide bonds. The summed E-state index contributed by atoms with van der Waals surface area (Å²) in [4.78, 5) is 8.46. The normalized spacial score (nSPS) is 18.5. The van der Waals surface area contributed by atoms with Crippen molar-refractivity contribution in [3.05, 3.63) is 80.6 Å². The number of nitrogens with zero attached hydrogens (tertiary/aromatic N) is 4. The highest BCUT2D eigenvalue weighted by Crippen LogP contribution is 2.37. The van der Waals surface area contributed by atoms with Gasteiger partial charge in [-0.3, -0.25) is 0 Å². The van der Waals surface area contributed by atoms with E-state index >= 15 is 0 Å². The summed E-state index contributed by atoms with van der Waals surface area (Å²) in [5, 5.41) is 6.43. The minimum absolute atomic E-state index is 0.683. The van der Waals surface area contributed by atoms with Crippen LogP contribution in [0.3, 0.4) is 0 Å². The predicted molar refractivity (Wildman–Crippen MR) is 161 cm³/mol. The molecule has 0 N–H and O–H groups in total. The summed E-state index contributed by atoms with van der Waals surface area (Å²) in [5.74, 6) is 1.40. The largest absolute Gasteiger partial charge is 0.371 e. The van der Waals surface area contributed by atoms with Crippen molar-refractivity contribution in [3.8, 4) is 0 Å². The van der Waals surface area contributed by atoms with E-state index in [1.165, 1.54) is 59.2 Å². The van der Waals surface area contributed by atoms with Gasteiger partial charge in [-0.25, -0.2) is 9.50 Å². The number of hydrogen-bond acceptors (Lipinski definition) is 4. The fraction of sp³-hybridized carbons (Fsp3) is 0.438. The van der Waals surface area contributed by atoms with Gasteiger partial charge in [-0.2, -0.15) is 5.10 Å². The third-order valence-electron chi connectivity index (χ3n) is 8.57. The van der Waals surface area contributed by atoms with Crippen LogP contribution in [0.2, 0.25) is 5.02 Å². The van der Waals surface area contributed by atoms with Crippen LogP contribution < -0.4 is 4.90 Å². The maximum Gasteiger partial charge on any atom is 0.212 e. The Kier molecular flexibility index (Phi) is 7.33. The summed E-state index contributed by atoms with van der Waals surface area (Å²) < 4.78 is 1.93. The molecule has 3 heterocycles. The van der Waals surface area contributed by atoms with E-state index in [1.54, 1.807) is 11.3 Å². The maximum atomic E-state index is 6.16. The minimum atomic E-state index is 0.683. The van der Waals surface area contributed by atoms with Gasteiger partial charge in [0.25, 0.3) is 0 Å². The Morgan fingerprint density at radius 3 is 2.79 bits per heavy atom. The number of imidazole rings is 1. The monoisotopic (exact) mass is 544 g/mol.